The van der Waals surface area contributed by atoms with Gasteiger partial charge in [-0.15, -0.1) is 0 Å². The van der Waals surface area contributed by atoms with Crippen molar-refractivity contribution in [2.24, 2.45) is 4.99 Å². The van der Waals surface area contributed by atoms with E-state index in [9.17, 15) is 4.79 Å². The molecule has 5 nitrogen and oxygen atoms in total. The van der Waals surface area contributed by atoms with E-state index in [1.54, 1.807) is 11.9 Å². The number of hydrogen-bond acceptors (Lipinski definition) is 2. The van der Waals surface area contributed by atoms with E-state index >= 15 is 0 Å². The van der Waals surface area contributed by atoms with Gasteiger partial charge < -0.3 is 9.47 Å². The van der Waals surface area contributed by atoms with Crippen molar-refractivity contribution in [3.8, 4) is 0 Å². The number of guanidine groups is 1. The van der Waals surface area contributed by atoms with E-state index in [0.717, 1.165) is 17.8 Å². The Hall–Kier alpha value is -3.86. The molecule has 1 aliphatic rings. The summed E-state index contributed by atoms with van der Waals surface area (Å²) in [5, 5.41) is 2.43. The van der Waals surface area contributed by atoms with Crippen LogP contribution in [-0.2, 0) is 11.3 Å². The number of aliphatic imine (C=N–C) groups is 1. The average molecular weight is 409 g/mol. The van der Waals surface area contributed by atoms with Crippen molar-refractivity contribution in [2.75, 3.05) is 14.1 Å². The van der Waals surface area contributed by atoms with Gasteiger partial charge in [-0.25, -0.2) is 4.99 Å². The van der Waals surface area contributed by atoms with Crippen LogP contribution in [0, 0.1) is 0 Å². The Morgan fingerprint density at radius 2 is 1.55 bits per heavy atom. The number of rotatable bonds is 3. The number of benzene rings is 3. The van der Waals surface area contributed by atoms with Crippen LogP contribution in [0.1, 0.15) is 12.5 Å². The molecule has 0 saturated carbocycles. The van der Waals surface area contributed by atoms with E-state index in [1.807, 2.05) is 48.4 Å². The van der Waals surface area contributed by atoms with Crippen LogP contribution in [0.25, 0.3) is 27.9 Å². The lowest BCUT2D eigenvalue weighted by Crippen LogP contribution is -2.29. The van der Waals surface area contributed by atoms with Gasteiger partial charge >= 0.3 is 0 Å². The fraction of sp³-hybridized carbons (Fsp3) is 0.154. The second-order valence-electron chi connectivity index (χ2n) is 7.74. The summed E-state index contributed by atoms with van der Waals surface area (Å²) >= 11 is 0. The zero-order valence-electron chi connectivity index (χ0n) is 17.9. The molecule has 0 bridgehead atoms. The summed E-state index contributed by atoms with van der Waals surface area (Å²) in [5.74, 6) is 0.555. The van der Waals surface area contributed by atoms with Gasteiger partial charge in [-0.05, 0) is 48.9 Å². The predicted molar refractivity (Wildman–Crippen MR) is 127 cm³/mol. The molecule has 154 valence electrons. The van der Waals surface area contributed by atoms with Crippen molar-refractivity contribution in [1.29, 1.82) is 0 Å². The summed E-state index contributed by atoms with van der Waals surface area (Å²) in [5.41, 5.74) is 4.86. The van der Waals surface area contributed by atoms with Crippen LogP contribution < -0.4 is 0 Å². The first-order chi connectivity index (χ1) is 15.1. The standard InChI is InChI=1S/C26H24N4O/c1-4-30-22-13-9-8-12-20(22)21-16-18(14-15-23(21)30)17-24-25(31)29(3)26(28(24)2)27-19-10-6-5-7-11-19/h5-17H,4H2,1-3H3/b24-17+,27-26-. The first-order valence-corrected chi connectivity index (χ1v) is 10.5. The Morgan fingerprint density at radius 1 is 0.839 bits per heavy atom. The molecule has 3 aromatic carbocycles. The molecule has 0 spiro atoms. The highest BCUT2D eigenvalue weighted by molar-refractivity contribution is 6.16. The lowest BCUT2D eigenvalue weighted by molar-refractivity contribution is -0.121. The first-order valence-electron chi connectivity index (χ1n) is 10.5. The van der Waals surface area contributed by atoms with Crippen molar-refractivity contribution >= 4 is 45.4 Å². The average Bonchev–Trinajstić information content (AvgIpc) is 3.22. The Morgan fingerprint density at radius 3 is 2.32 bits per heavy atom. The number of hydrogen-bond donors (Lipinski definition) is 0. The van der Waals surface area contributed by atoms with E-state index in [0.29, 0.717) is 11.7 Å². The molecule has 1 fully saturated rings. The van der Waals surface area contributed by atoms with Gasteiger partial charge in [0.2, 0.25) is 5.96 Å². The van der Waals surface area contributed by atoms with Crippen molar-refractivity contribution in [3.05, 3.63) is 84.1 Å². The topological polar surface area (TPSA) is 40.8 Å². The van der Waals surface area contributed by atoms with Crippen LogP contribution in [0.2, 0.25) is 0 Å². The number of carbonyl (C=O) groups is 1. The number of para-hydroxylation sites is 2. The molecule has 2 heterocycles. The molecule has 0 unspecified atom stereocenters. The molecule has 0 aliphatic carbocycles. The molecule has 5 rings (SSSR count). The summed E-state index contributed by atoms with van der Waals surface area (Å²) in [6.45, 7) is 3.08. The minimum Gasteiger partial charge on any atom is -0.341 e. The lowest BCUT2D eigenvalue weighted by Gasteiger charge is -2.14. The van der Waals surface area contributed by atoms with Crippen LogP contribution in [0.5, 0.6) is 0 Å². The number of likely N-dealkylation sites (N-methyl/N-ethyl adjacent to an activating group) is 2. The van der Waals surface area contributed by atoms with Crippen molar-refractivity contribution in [1.82, 2.24) is 14.4 Å². The van der Waals surface area contributed by atoms with E-state index in [1.165, 1.54) is 21.8 Å². The Labute approximate surface area is 181 Å². The van der Waals surface area contributed by atoms with E-state index < -0.39 is 0 Å². The summed E-state index contributed by atoms with van der Waals surface area (Å²) in [6, 6.07) is 24.5. The van der Waals surface area contributed by atoms with Crippen molar-refractivity contribution in [3.63, 3.8) is 0 Å². The van der Waals surface area contributed by atoms with E-state index in [-0.39, 0.29) is 5.91 Å². The monoisotopic (exact) mass is 408 g/mol. The molecule has 31 heavy (non-hydrogen) atoms. The molecule has 1 aromatic heterocycles. The highest BCUT2D eigenvalue weighted by Crippen LogP contribution is 2.31. The smallest absolute Gasteiger partial charge is 0.277 e. The van der Waals surface area contributed by atoms with Gasteiger partial charge in [-0.2, -0.15) is 0 Å². The SMILES string of the molecule is CCn1c2ccccc2c2cc(/C=C3\C(=O)N(C)/C(=N\c4ccccc4)N3C)ccc21. The molecule has 0 radical (unpaired) electrons. The molecular formula is C26H24N4O. The number of nitrogens with zero attached hydrogens (tertiary/aromatic N) is 4. The third-order valence-corrected chi connectivity index (χ3v) is 5.89. The molecule has 5 heteroatoms. The third-order valence-electron chi connectivity index (χ3n) is 5.89. The van der Waals surface area contributed by atoms with Gasteiger partial charge in [0.05, 0.1) is 5.69 Å². The highest BCUT2D eigenvalue weighted by atomic mass is 16.2. The highest BCUT2D eigenvalue weighted by Gasteiger charge is 2.34. The van der Waals surface area contributed by atoms with Gasteiger partial charge in [0, 0.05) is 42.4 Å². The molecular weight excluding hydrogens is 384 g/mol. The second kappa shape index (κ2) is 7.43. The molecule has 1 amide bonds. The zero-order chi connectivity index (χ0) is 21.5. The van der Waals surface area contributed by atoms with Gasteiger partial charge in [0.1, 0.15) is 5.70 Å². The van der Waals surface area contributed by atoms with Gasteiger partial charge in [-0.3, -0.25) is 9.69 Å². The normalized spacial score (nSPS) is 17.1. The van der Waals surface area contributed by atoms with E-state index in [2.05, 4.69) is 58.9 Å². The summed E-state index contributed by atoms with van der Waals surface area (Å²) in [6.07, 6.45) is 1.95. The number of fused-ring (bicyclic) bond motifs is 3. The molecule has 1 aliphatic heterocycles. The van der Waals surface area contributed by atoms with Crippen molar-refractivity contribution in [2.45, 2.75) is 13.5 Å². The van der Waals surface area contributed by atoms with Crippen molar-refractivity contribution < 1.29 is 4.79 Å². The lowest BCUT2D eigenvalue weighted by atomic mass is 10.1. The number of aryl methyl sites for hydroxylation is 1. The number of amides is 1. The minimum atomic E-state index is -0.0618. The number of aromatic nitrogens is 1. The Kier molecular flexibility index (Phi) is 4.59. The van der Waals surface area contributed by atoms with Crippen LogP contribution >= 0.6 is 0 Å². The first kappa shape index (κ1) is 19.1. The van der Waals surface area contributed by atoms with Crippen LogP contribution in [0.3, 0.4) is 0 Å². The summed E-state index contributed by atoms with van der Waals surface area (Å²) in [4.78, 5) is 21.1. The maximum atomic E-state index is 13.0. The number of carbonyl (C=O) groups excluding carboxylic acids is 1. The molecule has 0 atom stereocenters. The maximum Gasteiger partial charge on any atom is 0.277 e. The molecule has 4 aromatic rings. The summed E-state index contributed by atoms with van der Waals surface area (Å²) in [7, 11) is 3.65. The Bertz CT molecular complexity index is 1360. The van der Waals surface area contributed by atoms with Crippen LogP contribution in [0.4, 0.5) is 5.69 Å². The fourth-order valence-electron chi connectivity index (χ4n) is 4.33. The van der Waals surface area contributed by atoms with Gasteiger partial charge in [0.15, 0.2) is 0 Å². The quantitative estimate of drug-likeness (QED) is 0.435. The van der Waals surface area contributed by atoms with Gasteiger partial charge in [-0.1, -0.05) is 42.5 Å². The Balaban J connectivity index is 1.59. The second-order valence-corrected chi connectivity index (χ2v) is 7.74. The third kappa shape index (κ3) is 3.10. The molecule has 1 saturated heterocycles. The van der Waals surface area contributed by atoms with Crippen LogP contribution in [-0.4, -0.2) is 40.3 Å². The maximum absolute atomic E-state index is 13.0. The molecule has 0 N–H and O–H groups in total. The zero-order valence-corrected chi connectivity index (χ0v) is 17.9. The van der Waals surface area contributed by atoms with Gasteiger partial charge in [0.25, 0.3) is 5.91 Å². The summed E-state index contributed by atoms with van der Waals surface area (Å²) < 4.78 is 2.33. The fourth-order valence-corrected chi connectivity index (χ4v) is 4.33. The van der Waals surface area contributed by atoms with Crippen LogP contribution in [0.15, 0.2) is 83.5 Å². The van der Waals surface area contributed by atoms with E-state index in [4.69, 9.17) is 0 Å². The predicted octanol–water partition coefficient (Wildman–Crippen LogP) is 5.25. The minimum absolute atomic E-state index is 0.0618. The largest absolute Gasteiger partial charge is 0.341 e.